The summed E-state index contributed by atoms with van der Waals surface area (Å²) >= 11 is 7.19. The second-order valence-electron chi connectivity index (χ2n) is 8.47. The van der Waals surface area contributed by atoms with Crippen LogP contribution in [0.4, 0.5) is 0 Å². The number of halogens is 1. The van der Waals surface area contributed by atoms with Gasteiger partial charge >= 0.3 is 5.97 Å². The predicted octanol–water partition coefficient (Wildman–Crippen LogP) is 4.14. The van der Waals surface area contributed by atoms with Crippen molar-refractivity contribution in [2.24, 2.45) is 0 Å². The Bertz CT molecular complexity index is 1340. The van der Waals surface area contributed by atoms with Crippen LogP contribution in [0.2, 0.25) is 5.02 Å². The third kappa shape index (κ3) is 4.90. The van der Waals surface area contributed by atoms with Crippen molar-refractivity contribution in [1.82, 2.24) is 10.2 Å². The first-order valence-corrected chi connectivity index (χ1v) is 12.9. The van der Waals surface area contributed by atoms with E-state index in [0.717, 1.165) is 11.1 Å². The first kappa shape index (κ1) is 24.8. The lowest BCUT2D eigenvalue weighted by Gasteiger charge is -2.49. The Kier molecular flexibility index (Phi) is 7.12. The largest absolute Gasteiger partial charge is 0.448 e. The number of benzene rings is 3. The highest BCUT2D eigenvalue weighted by Crippen LogP contribution is 2.41. The molecule has 1 N–H and O–H groups in total. The van der Waals surface area contributed by atoms with Crippen molar-refractivity contribution in [3.05, 3.63) is 118 Å². The zero-order valence-corrected chi connectivity index (χ0v) is 20.9. The van der Waals surface area contributed by atoms with Crippen LogP contribution >= 0.6 is 23.4 Å². The van der Waals surface area contributed by atoms with Crippen LogP contribution in [-0.2, 0) is 19.1 Å². The number of thioether (sulfide) groups is 1. The van der Waals surface area contributed by atoms with Gasteiger partial charge in [-0.1, -0.05) is 72.3 Å². The maximum absolute atomic E-state index is 13.5. The van der Waals surface area contributed by atoms with Gasteiger partial charge in [0, 0.05) is 21.9 Å². The third-order valence-corrected chi connectivity index (χ3v) is 7.71. The summed E-state index contributed by atoms with van der Waals surface area (Å²) in [4.78, 5) is 52.4. The lowest BCUT2D eigenvalue weighted by atomic mass is 10.0. The van der Waals surface area contributed by atoms with E-state index in [1.54, 1.807) is 24.3 Å². The lowest BCUT2D eigenvalue weighted by Crippen LogP contribution is -2.70. The van der Waals surface area contributed by atoms with E-state index in [2.05, 4.69) is 5.32 Å². The van der Waals surface area contributed by atoms with Crippen molar-refractivity contribution in [3.8, 4) is 0 Å². The Morgan fingerprint density at radius 3 is 2.14 bits per heavy atom. The fraction of sp³-hybridized carbons (Fsp3) is 0.143. The van der Waals surface area contributed by atoms with E-state index >= 15 is 0 Å². The molecule has 0 radical (unpaired) electrons. The van der Waals surface area contributed by atoms with Gasteiger partial charge in [0.05, 0.1) is 0 Å². The van der Waals surface area contributed by atoms with E-state index in [4.69, 9.17) is 16.3 Å². The first-order valence-electron chi connectivity index (χ1n) is 11.5. The number of fused-ring (bicyclic) bond motifs is 1. The van der Waals surface area contributed by atoms with Crippen molar-refractivity contribution in [2.75, 3.05) is 5.75 Å². The fourth-order valence-electron chi connectivity index (χ4n) is 4.30. The molecule has 2 aliphatic heterocycles. The molecule has 1 fully saturated rings. The number of carbonyl (C=O) groups is 4. The number of nitrogens with one attached hydrogen (secondary N) is 1. The van der Waals surface area contributed by atoms with E-state index < -0.39 is 35.3 Å². The van der Waals surface area contributed by atoms with Crippen LogP contribution in [0, 0.1) is 0 Å². The Balaban J connectivity index is 1.38. The van der Waals surface area contributed by atoms with Crippen LogP contribution in [0.1, 0.15) is 27.6 Å². The van der Waals surface area contributed by atoms with Gasteiger partial charge in [0.25, 0.3) is 11.8 Å². The highest BCUT2D eigenvalue weighted by atomic mass is 35.5. The normalized spacial score (nSPS) is 18.6. The molecule has 0 saturated carbocycles. The zero-order valence-electron chi connectivity index (χ0n) is 19.4. The van der Waals surface area contributed by atoms with Gasteiger partial charge in [0.1, 0.15) is 23.4 Å². The number of β-lactam (4-membered cyclic amide) rings is 1. The molecule has 3 aromatic carbocycles. The molecule has 2 atom stereocenters. The number of hydrogen-bond donors (Lipinski definition) is 1. The molecule has 0 aromatic heterocycles. The predicted molar refractivity (Wildman–Crippen MR) is 140 cm³/mol. The summed E-state index contributed by atoms with van der Waals surface area (Å²) in [5.41, 5.74) is 1.94. The van der Waals surface area contributed by atoms with Crippen molar-refractivity contribution >= 4 is 47.4 Å². The SMILES string of the molecule is O=CC1=C(C(=O)OC(c2ccccc2)c2ccccc2)N2C(=O)C(NC(=O)c3ccc(Cl)cc3)[C@@H]2SC1. The van der Waals surface area contributed by atoms with Gasteiger partial charge in [-0.25, -0.2) is 4.79 Å². The van der Waals surface area contributed by atoms with Crippen LogP contribution in [-0.4, -0.2) is 46.1 Å². The maximum atomic E-state index is 13.5. The molecule has 0 bridgehead atoms. The summed E-state index contributed by atoms with van der Waals surface area (Å²) in [5.74, 6) is -1.49. The molecule has 186 valence electrons. The Labute approximate surface area is 222 Å². The summed E-state index contributed by atoms with van der Waals surface area (Å²) in [5, 5.41) is 2.68. The molecule has 2 amide bonds. The van der Waals surface area contributed by atoms with Gasteiger partial charge in [0.15, 0.2) is 6.10 Å². The van der Waals surface area contributed by atoms with Crippen molar-refractivity contribution in [1.29, 1.82) is 0 Å². The van der Waals surface area contributed by atoms with E-state index in [-0.39, 0.29) is 17.0 Å². The monoisotopic (exact) mass is 532 g/mol. The molecule has 9 heteroatoms. The van der Waals surface area contributed by atoms with Gasteiger partial charge < -0.3 is 10.1 Å². The zero-order chi connectivity index (χ0) is 25.9. The number of rotatable bonds is 7. The number of amides is 2. The average molecular weight is 533 g/mol. The van der Waals surface area contributed by atoms with Gasteiger partial charge in [-0.2, -0.15) is 0 Å². The number of aldehydes is 1. The van der Waals surface area contributed by atoms with Gasteiger partial charge in [-0.15, -0.1) is 11.8 Å². The molecule has 37 heavy (non-hydrogen) atoms. The van der Waals surface area contributed by atoms with Crippen LogP contribution in [0.15, 0.2) is 96.2 Å². The minimum absolute atomic E-state index is 0.0856. The van der Waals surface area contributed by atoms with Gasteiger partial charge in [-0.3, -0.25) is 19.3 Å². The van der Waals surface area contributed by atoms with Gasteiger partial charge in [0.2, 0.25) is 0 Å². The maximum Gasteiger partial charge on any atom is 0.356 e. The standard InChI is InChI=1S/C28H21ClN2O5S/c29-21-13-11-19(12-14-21)25(33)30-22-26(34)31-23(20(15-32)16-37-27(22)31)28(35)36-24(17-7-3-1-4-8-17)18-9-5-2-6-10-18/h1-15,22,24,27H,16H2,(H,30,33)/t22?,27-/m0/s1. The quantitative estimate of drug-likeness (QED) is 0.279. The Morgan fingerprint density at radius 1 is 0.973 bits per heavy atom. The van der Waals surface area contributed by atoms with Crippen molar-refractivity contribution in [2.45, 2.75) is 17.5 Å². The van der Waals surface area contributed by atoms with E-state index in [1.807, 2.05) is 60.7 Å². The summed E-state index contributed by atoms with van der Waals surface area (Å²) in [6.07, 6.45) is -0.160. The van der Waals surface area contributed by atoms with Gasteiger partial charge in [-0.05, 0) is 35.4 Å². The molecule has 0 aliphatic carbocycles. The number of carbonyl (C=O) groups excluding carboxylic acids is 4. The fourth-order valence-corrected chi connectivity index (χ4v) is 5.71. The topological polar surface area (TPSA) is 92.8 Å². The second kappa shape index (κ2) is 10.6. The van der Waals surface area contributed by atoms with Crippen LogP contribution < -0.4 is 5.32 Å². The number of esters is 1. The van der Waals surface area contributed by atoms with Crippen LogP contribution in [0.5, 0.6) is 0 Å². The van der Waals surface area contributed by atoms with Crippen molar-refractivity contribution in [3.63, 3.8) is 0 Å². The number of nitrogens with zero attached hydrogens (tertiary/aromatic N) is 1. The summed E-state index contributed by atoms with van der Waals surface area (Å²) in [7, 11) is 0. The average Bonchev–Trinajstić information content (AvgIpc) is 2.94. The Hall–Kier alpha value is -3.88. The molecule has 2 heterocycles. The minimum atomic E-state index is -0.844. The molecular formula is C28H21ClN2O5S. The lowest BCUT2D eigenvalue weighted by molar-refractivity contribution is -0.153. The summed E-state index contributed by atoms with van der Waals surface area (Å²) in [6, 6.07) is 23.9. The molecule has 7 nitrogen and oxygen atoms in total. The summed E-state index contributed by atoms with van der Waals surface area (Å²) < 4.78 is 5.93. The van der Waals surface area contributed by atoms with Crippen LogP contribution in [0.3, 0.4) is 0 Å². The second-order valence-corrected chi connectivity index (χ2v) is 10.0. The number of ether oxygens (including phenoxy) is 1. The molecule has 0 spiro atoms. The van der Waals surface area contributed by atoms with E-state index in [9.17, 15) is 19.2 Å². The smallest absolute Gasteiger partial charge is 0.356 e. The van der Waals surface area contributed by atoms with E-state index in [0.29, 0.717) is 16.9 Å². The van der Waals surface area contributed by atoms with E-state index in [1.165, 1.54) is 16.7 Å². The molecule has 5 rings (SSSR count). The highest BCUT2D eigenvalue weighted by molar-refractivity contribution is 8.00. The Morgan fingerprint density at radius 2 is 1.57 bits per heavy atom. The molecule has 3 aromatic rings. The molecule has 2 aliphatic rings. The van der Waals surface area contributed by atoms with Crippen LogP contribution in [0.25, 0.3) is 0 Å². The summed E-state index contributed by atoms with van der Waals surface area (Å²) in [6.45, 7) is 0. The molecule has 1 saturated heterocycles. The van der Waals surface area contributed by atoms with Crippen molar-refractivity contribution < 1.29 is 23.9 Å². The first-order chi connectivity index (χ1) is 18.0. The highest BCUT2D eigenvalue weighted by Gasteiger charge is 2.54. The third-order valence-electron chi connectivity index (χ3n) is 6.16. The minimum Gasteiger partial charge on any atom is -0.448 e. The molecule has 1 unspecified atom stereocenters. The molecular weight excluding hydrogens is 512 g/mol. The number of hydrogen-bond acceptors (Lipinski definition) is 6.